The predicted octanol–water partition coefficient (Wildman–Crippen LogP) is 1.73. The molecule has 3 N–H and O–H groups in total. The minimum absolute atomic E-state index is 0. The van der Waals surface area contributed by atoms with E-state index in [1.165, 1.54) is 0 Å². The first-order valence-corrected chi connectivity index (χ1v) is 4.62. The van der Waals surface area contributed by atoms with Crippen molar-refractivity contribution in [2.45, 2.75) is 12.5 Å². The highest BCUT2D eigenvalue weighted by Gasteiger charge is 2.01. The molecule has 1 atom stereocenters. The normalized spacial score (nSPS) is 11.9. The summed E-state index contributed by atoms with van der Waals surface area (Å²) in [4.78, 5) is 0. The van der Waals surface area contributed by atoms with E-state index < -0.39 is 0 Å². The Bertz CT molecular complexity index is 240. The topological polar surface area (TPSA) is 46.2 Å². The van der Waals surface area contributed by atoms with Crippen molar-refractivity contribution >= 4 is 28.3 Å². The Morgan fingerprint density at radius 3 is 2.31 bits per heavy atom. The largest absolute Gasteiger partial charge is 0.395 e. The van der Waals surface area contributed by atoms with E-state index in [2.05, 4.69) is 15.9 Å². The number of hydrogen-bond donors (Lipinski definition) is 2. The fraction of sp³-hybridized carbons (Fsp3) is 0.333. The quantitative estimate of drug-likeness (QED) is 0.875. The summed E-state index contributed by atoms with van der Waals surface area (Å²) in [5, 5.41) is 8.72. The molecule has 0 saturated carbocycles. The summed E-state index contributed by atoms with van der Waals surface area (Å²) < 4.78 is 1.06. The van der Waals surface area contributed by atoms with Crippen LogP contribution in [-0.2, 0) is 6.42 Å². The molecule has 0 aliphatic rings. The van der Waals surface area contributed by atoms with Crippen molar-refractivity contribution in [3.05, 3.63) is 34.3 Å². The van der Waals surface area contributed by atoms with Gasteiger partial charge in [-0.05, 0) is 24.1 Å². The van der Waals surface area contributed by atoms with Crippen molar-refractivity contribution in [3.8, 4) is 0 Å². The Hall–Kier alpha value is -0.0900. The van der Waals surface area contributed by atoms with Crippen LogP contribution in [0.25, 0.3) is 0 Å². The molecule has 0 fully saturated rings. The van der Waals surface area contributed by atoms with Crippen LogP contribution >= 0.6 is 28.3 Å². The van der Waals surface area contributed by atoms with Gasteiger partial charge < -0.3 is 10.8 Å². The van der Waals surface area contributed by atoms with Crippen molar-refractivity contribution in [1.29, 1.82) is 0 Å². The second-order valence-electron chi connectivity index (χ2n) is 2.77. The van der Waals surface area contributed by atoms with Crippen LogP contribution in [0.1, 0.15) is 5.56 Å². The molecule has 2 nitrogen and oxygen atoms in total. The zero-order chi connectivity index (χ0) is 8.97. The SMILES string of the molecule is Cl.NC(CO)Cc1ccc(Br)cc1. The molecular formula is C9H13BrClNO. The van der Waals surface area contributed by atoms with Crippen molar-refractivity contribution in [3.63, 3.8) is 0 Å². The number of halogens is 2. The minimum Gasteiger partial charge on any atom is -0.395 e. The summed E-state index contributed by atoms with van der Waals surface area (Å²) in [5.74, 6) is 0. The molecular weight excluding hydrogens is 253 g/mol. The molecule has 0 radical (unpaired) electrons. The fourth-order valence-corrected chi connectivity index (χ4v) is 1.25. The van der Waals surface area contributed by atoms with Crippen molar-refractivity contribution < 1.29 is 5.11 Å². The third-order valence-electron chi connectivity index (χ3n) is 1.65. The zero-order valence-electron chi connectivity index (χ0n) is 7.11. The van der Waals surface area contributed by atoms with Gasteiger partial charge in [-0.25, -0.2) is 0 Å². The van der Waals surface area contributed by atoms with Crippen molar-refractivity contribution in [1.82, 2.24) is 0 Å². The number of benzene rings is 1. The maximum Gasteiger partial charge on any atom is 0.0585 e. The van der Waals surface area contributed by atoms with Crippen LogP contribution in [0.5, 0.6) is 0 Å². The third-order valence-corrected chi connectivity index (χ3v) is 2.17. The molecule has 0 heterocycles. The van der Waals surface area contributed by atoms with Gasteiger partial charge in [-0.3, -0.25) is 0 Å². The number of rotatable bonds is 3. The first-order valence-electron chi connectivity index (χ1n) is 3.83. The van der Waals surface area contributed by atoms with Crippen LogP contribution in [0.15, 0.2) is 28.7 Å². The van der Waals surface area contributed by atoms with E-state index in [1.807, 2.05) is 24.3 Å². The molecule has 0 aliphatic heterocycles. The lowest BCUT2D eigenvalue weighted by atomic mass is 10.1. The van der Waals surface area contributed by atoms with E-state index in [9.17, 15) is 0 Å². The lowest BCUT2D eigenvalue weighted by Crippen LogP contribution is -2.26. The summed E-state index contributed by atoms with van der Waals surface area (Å²) in [6.45, 7) is 0.0378. The summed E-state index contributed by atoms with van der Waals surface area (Å²) in [6, 6.07) is 7.80. The second kappa shape index (κ2) is 6.38. The molecule has 0 aromatic heterocycles. The van der Waals surface area contributed by atoms with Crippen LogP contribution in [-0.4, -0.2) is 17.8 Å². The van der Waals surface area contributed by atoms with Crippen LogP contribution in [0.2, 0.25) is 0 Å². The maximum atomic E-state index is 8.72. The van der Waals surface area contributed by atoms with Crippen LogP contribution in [0, 0.1) is 0 Å². The molecule has 0 bridgehead atoms. The Balaban J connectivity index is 0.00000144. The van der Waals surface area contributed by atoms with Gasteiger partial charge in [0.2, 0.25) is 0 Å². The summed E-state index contributed by atoms with van der Waals surface area (Å²) in [7, 11) is 0. The molecule has 1 aromatic carbocycles. The van der Waals surface area contributed by atoms with E-state index >= 15 is 0 Å². The Kier molecular flexibility index (Phi) is 6.33. The monoisotopic (exact) mass is 265 g/mol. The minimum atomic E-state index is -0.147. The summed E-state index contributed by atoms with van der Waals surface area (Å²) in [5.41, 5.74) is 6.73. The zero-order valence-corrected chi connectivity index (χ0v) is 9.51. The average Bonchev–Trinajstić information content (AvgIpc) is 2.09. The van der Waals surface area contributed by atoms with Gasteiger partial charge in [0.15, 0.2) is 0 Å². The molecule has 0 amide bonds. The van der Waals surface area contributed by atoms with Gasteiger partial charge in [-0.15, -0.1) is 12.4 Å². The molecule has 1 unspecified atom stereocenters. The number of aliphatic hydroxyl groups excluding tert-OH is 1. The second-order valence-corrected chi connectivity index (χ2v) is 3.69. The van der Waals surface area contributed by atoms with Gasteiger partial charge in [0, 0.05) is 10.5 Å². The standard InChI is InChI=1S/C9H12BrNO.ClH/c10-8-3-1-7(2-4-8)5-9(11)6-12;/h1-4,9,12H,5-6,11H2;1H. The summed E-state index contributed by atoms with van der Waals surface area (Å²) in [6.07, 6.45) is 0.726. The molecule has 0 spiro atoms. The average molecular weight is 267 g/mol. The molecule has 13 heavy (non-hydrogen) atoms. The highest BCUT2D eigenvalue weighted by Crippen LogP contribution is 2.11. The Morgan fingerprint density at radius 2 is 1.85 bits per heavy atom. The Morgan fingerprint density at radius 1 is 1.31 bits per heavy atom. The highest BCUT2D eigenvalue weighted by atomic mass is 79.9. The number of nitrogens with two attached hydrogens (primary N) is 1. The molecule has 0 aliphatic carbocycles. The van der Waals surface area contributed by atoms with Gasteiger partial charge in [0.05, 0.1) is 6.61 Å². The first kappa shape index (κ1) is 12.9. The number of aliphatic hydroxyl groups is 1. The Labute approximate surface area is 92.7 Å². The van der Waals surface area contributed by atoms with E-state index in [0.717, 1.165) is 16.5 Å². The smallest absolute Gasteiger partial charge is 0.0585 e. The summed E-state index contributed by atoms with van der Waals surface area (Å²) >= 11 is 3.35. The van der Waals surface area contributed by atoms with Gasteiger partial charge in [0.1, 0.15) is 0 Å². The molecule has 4 heteroatoms. The number of hydrogen-bond acceptors (Lipinski definition) is 2. The van der Waals surface area contributed by atoms with Gasteiger partial charge in [-0.2, -0.15) is 0 Å². The lowest BCUT2D eigenvalue weighted by Gasteiger charge is -2.07. The van der Waals surface area contributed by atoms with Gasteiger partial charge in [-0.1, -0.05) is 28.1 Å². The van der Waals surface area contributed by atoms with Crippen molar-refractivity contribution in [2.24, 2.45) is 5.73 Å². The van der Waals surface area contributed by atoms with Gasteiger partial charge >= 0.3 is 0 Å². The molecule has 1 aromatic rings. The van der Waals surface area contributed by atoms with Crippen LogP contribution in [0.4, 0.5) is 0 Å². The van der Waals surface area contributed by atoms with E-state index in [1.54, 1.807) is 0 Å². The van der Waals surface area contributed by atoms with Crippen LogP contribution in [0.3, 0.4) is 0 Å². The fourth-order valence-electron chi connectivity index (χ4n) is 0.988. The van der Waals surface area contributed by atoms with E-state index in [0.29, 0.717) is 0 Å². The lowest BCUT2D eigenvalue weighted by molar-refractivity contribution is 0.265. The predicted molar refractivity (Wildman–Crippen MR) is 60.2 cm³/mol. The van der Waals surface area contributed by atoms with Gasteiger partial charge in [0.25, 0.3) is 0 Å². The van der Waals surface area contributed by atoms with Crippen molar-refractivity contribution in [2.75, 3.05) is 6.61 Å². The molecule has 74 valence electrons. The molecule has 0 saturated heterocycles. The highest BCUT2D eigenvalue weighted by molar-refractivity contribution is 9.10. The van der Waals surface area contributed by atoms with E-state index in [-0.39, 0.29) is 25.1 Å². The maximum absolute atomic E-state index is 8.72. The van der Waals surface area contributed by atoms with Crippen LogP contribution < -0.4 is 5.73 Å². The first-order chi connectivity index (χ1) is 5.72. The third kappa shape index (κ3) is 4.62. The van der Waals surface area contributed by atoms with E-state index in [4.69, 9.17) is 10.8 Å². The molecule has 1 rings (SSSR count).